The zero-order valence-corrected chi connectivity index (χ0v) is 11.2. The molecule has 5 heteroatoms. The van der Waals surface area contributed by atoms with Crippen molar-refractivity contribution in [3.05, 3.63) is 48.5 Å². The molecule has 94 valence electrons. The van der Waals surface area contributed by atoms with Crippen molar-refractivity contribution in [2.24, 2.45) is 0 Å². The highest BCUT2D eigenvalue weighted by atomic mass is 32.2. The first kappa shape index (κ1) is 12.7. The number of nitrogens with zero attached hydrogens (tertiary/aromatic N) is 3. The van der Waals surface area contributed by atoms with E-state index in [1.165, 1.54) is 15.8 Å². The van der Waals surface area contributed by atoms with Crippen molar-refractivity contribution < 1.29 is 4.79 Å². The van der Waals surface area contributed by atoms with Crippen molar-refractivity contribution >= 4 is 17.8 Å². The largest absolute Gasteiger partial charge is 0.329 e. The Hall–Kier alpha value is -1.75. The lowest BCUT2D eigenvalue weighted by atomic mass is 10.2. The fraction of sp³-hybridized carbons (Fsp3) is 0.231. The van der Waals surface area contributed by atoms with E-state index in [9.17, 15) is 4.79 Å². The molecular formula is C13H15N3OS. The van der Waals surface area contributed by atoms with Gasteiger partial charge in [-0.2, -0.15) is 0 Å². The molecule has 0 saturated heterocycles. The van der Waals surface area contributed by atoms with Gasteiger partial charge in [0.25, 0.3) is 0 Å². The Kier molecular flexibility index (Phi) is 4.04. The molecular weight excluding hydrogens is 246 g/mol. The summed E-state index contributed by atoms with van der Waals surface area (Å²) in [6, 6.07) is 8.14. The van der Waals surface area contributed by atoms with E-state index in [-0.39, 0.29) is 6.03 Å². The van der Waals surface area contributed by atoms with E-state index < -0.39 is 0 Å². The molecule has 2 aromatic rings. The highest BCUT2D eigenvalue weighted by Gasteiger charge is 2.10. The van der Waals surface area contributed by atoms with Crippen LogP contribution in [0.3, 0.4) is 0 Å². The van der Waals surface area contributed by atoms with Crippen LogP contribution in [-0.4, -0.2) is 33.8 Å². The van der Waals surface area contributed by atoms with Crippen LogP contribution < -0.4 is 0 Å². The fourth-order valence-electron chi connectivity index (χ4n) is 1.64. The van der Waals surface area contributed by atoms with E-state index in [0.29, 0.717) is 6.54 Å². The van der Waals surface area contributed by atoms with Crippen LogP contribution in [0.4, 0.5) is 4.79 Å². The van der Waals surface area contributed by atoms with Gasteiger partial charge in [-0.05, 0) is 24.0 Å². The van der Waals surface area contributed by atoms with Gasteiger partial charge in [0.15, 0.2) is 0 Å². The number of amides is 1. The third-order valence-corrected chi connectivity index (χ3v) is 3.37. The lowest BCUT2D eigenvalue weighted by Gasteiger charge is -2.17. The van der Waals surface area contributed by atoms with Gasteiger partial charge >= 0.3 is 6.03 Å². The van der Waals surface area contributed by atoms with Crippen LogP contribution in [0.1, 0.15) is 5.56 Å². The van der Waals surface area contributed by atoms with Crippen molar-refractivity contribution in [2.75, 3.05) is 13.3 Å². The summed E-state index contributed by atoms with van der Waals surface area (Å²) < 4.78 is 1.47. The monoisotopic (exact) mass is 261 g/mol. The van der Waals surface area contributed by atoms with Crippen molar-refractivity contribution in [3.8, 4) is 0 Å². The van der Waals surface area contributed by atoms with Gasteiger partial charge in [-0.1, -0.05) is 12.1 Å². The van der Waals surface area contributed by atoms with Crippen LogP contribution in [0.15, 0.2) is 47.9 Å². The number of thioether (sulfide) groups is 1. The zero-order valence-electron chi connectivity index (χ0n) is 10.4. The topological polar surface area (TPSA) is 38.1 Å². The van der Waals surface area contributed by atoms with Crippen LogP contribution in [0.5, 0.6) is 0 Å². The van der Waals surface area contributed by atoms with Gasteiger partial charge in [0.2, 0.25) is 0 Å². The summed E-state index contributed by atoms with van der Waals surface area (Å²) >= 11 is 1.71. The SMILES string of the molecule is CSc1ccc(CN(C)C(=O)n2ccnc2)cc1. The average molecular weight is 261 g/mol. The summed E-state index contributed by atoms with van der Waals surface area (Å²) in [6.07, 6.45) is 6.80. The molecule has 1 amide bonds. The minimum absolute atomic E-state index is 0.0820. The number of hydrogen-bond acceptors (Lipinski definition) is 3. The Bertz CT molecular complexity index is 508. The summed E-state index contributed by atoms with van der Waals surface area (Å²) in [7, 11) is 1.78. The van der Waals surface area contributed by atoms with Gasteiger partial charge in [0.05, 0.1) is 0 Å². The minimum Gasteiger partial charge on any atom is -0.323 e. The van der Waals surface area contributed by atoms with Crippen molar-refractivity contribution in [1.29, 1.82) is 0 Å². The number of hydrogen-bond donors (Lipinski definition) is 0. The molecule has 1 heterocycles. The highest BCUT2D eigenvalue weighted by Crippen LogP contribution is 2.15. The zero-order chi connectivity index (χ0) is 13.0. The molecule has 0 aliphatic rings. The van der Waals surface area contributed by atoms with Gasteiger partial charge in [-0.15, -0.1) is 11.8 Å². The van der Waals surface area contributed by atoms with Crippen molar-refractivity contribution in [1.82, 2.24) is 14.5 Å². The predicted molar refractivity (Wildman–Crippen MR) is 72.7 cm³/mol. The molecule has 0 bridgehead atoms. The average Bonchev–Trinajstić information content (AvgIpc) is 2.92. The van der Waals surface area contributed by atoms with E-state index >= 15 is 0 Å². The summed E-state index contributed by atoms with van der Waals surface area (Å²) in [4.78, 5) is 18.7. The molecule has 1 aromatic carbocycles. The molecule has 0 aliphatic carbocycles. The first-order chi connectivity index (χ1) is 8.70. The molecule has 0 atom stereocenters. The summed E-state index contributed by atoms with van der Waals surface area (Å²) in [5.74, 6) is 0. The maximum absolute atomic E-state index is 12.0. The van der Waals surface area contributed by atoms with Gasteiger partial charge in [0.1, 0.15) is 6.33 Å². The van der Waals surface area contributed by atoms with Gasteiger partial charge in [-0.25, -0.2) is 9.78 Å². The lowest BCUT2D eigenvalue weighted by Crippen LogP contribution is -2.29. The van der Waals surface area contributed by atoms with Gasteiger partial charge < -0.3 is 4.90 Å². The van der Waals surface area contributed by atoms with Crippen LogP contribution in [0.2, 0.25) is 0 Å². The number of rotatable bonds is 3. The van der Waals surface area contributed by atoms with E-state index in [4.69, 9.17) is 0 Å². The van der Waals surface area contributed by atoms with E-state index in [2.05, 4.69) is 17.1 Å². The standard InChI is InChI=1S/C13H15N3OS/c1-15(13(17)16-8-7-14-10-16)9-11-3-5-12(18-2)6-4-11/h3-8,10H,9H2,1-2H3. The van der Waals surface area contributed by atoms with Crippen molar-refractivity contribution in [3.63, 3.8) is 0 Å². The molecule has 1 aromatic heterocycles. The first-order valence-corrected chi connectivity index (χ1v) is 6.79. The first-order valence-electron chi connectivity index (χ1n) is 5.57. The Morgan fingerprint density at radius 3 is 2.67 bits per heavy atom. The fourth-order valence-corrected chi connectivity index (χ4v) is 2.05. The van der Waals surface area contributed by atoms with Gasteiger partial charge in [-0.3, -0.25) is 4.57 Å². The quantitative estimate of drug-likeness (QED) is 0.797. The normalized spacial score (nSPS) is 10.3. The van der Waals surface area contributed by atoms with Crippen LogP contribution in [0.25, 0.3) is 0 Å². The number of carbonyl (C=O) groups is 1. The number of aromatic nitrogens is 2. The maximum atomic E-state index is 12.0. The third-order valence-electron chi connectivity index (χ3n) is 2.63. The summed E-state index contributed by atoms with van der Waals surface area (Å²) in [6.45, 7) is 0.589. The third kappa shape index (κ3) is 2.92. The van der Waals surface area contributed by atoms with Gasteiger partial charge in [0, 0.05) is 30.9 Å². The van der Waals surface area contributed by atoms with Crippen LogP contribution >= 0.6 is 11.8 Å². The van der Waals surface area contributed by atoms with E-state index in [1.54, 1.807) is 36.1 Å². The second-order valence-electron chi connectivity index (χ2n) is 3.96. The number of benzene rings is 1. The Balaban J connectivity index is 2.02. The summed E-state index contributed by atoms with van der Waals surface area (Å²) in [5.41, 5.74) is 1.11. The number of imidazole rings is 1. The second-order valence-corrected chi connectivity index (χ2v) is 4.84. The molecule has 18 heavy (non-hydrogen) atoms. The van der Waals surface area contributed by atoms with E-state index in [1.807, 2.05) is 18.4 Å². The Morgan fingerprint density at radius 2 is 2.11 bits per heavy atom. The van der Waals surface area contributed by atoms with Crippen LogP contribution in [0, 0.1) is 0 Å². The molecule has 0 fully saturated rings. The molecule has 4 nitrogen and oxygen atoms in total. The molecule has 0 spiro atoms. The van der Waals surface area contributed by atoms with Crippen LogP contribution in [-0.2, 0) is 6.54 Å². The molecule has 0 unspecified atom stereocenters. The summed E-state index contributed by atoms with van der Waals surface area (Å²) in [5, 5.41) is 0. The van der Waals surface area contributed by atoms with E-state index in [0.717, 1.165) is 5.56 Å². The molecule has 0 N–H and O–H groups in total. The Morgan fingerprint density at radius 1 is 1.39 bits per heavy atom. The smallest absolute Gasteiger partial charge is 0.323 e. The number of carbonyl (C=O) groups excluding carboxylic acids is 1. The molecule has 0 aliphatic heterocycles. The molecule has 0 saturated carbocycles. The Labute approximate surface area is 111 Å². The van der Waals surface area contributed by atoms with Crippen molar-refractivity contribution in [2.45, 2.75) is 11.4 Å². The molecule has 0 radical (unpaired) electrons. The minimum atomic E-state index is -0.0820. The highest BCUT2D eigenvalue weighted by molar-refractivity contribution is 7.98. The second kappa shape index (κ2) is 5.73. The molecule has 2 rings (SSSR count). The predicted octanol–water partition coefficient (Wildman–Crippen LogP) is 2.71. The lowest BCUT2D eigenvalue weighted by molar-refractivity contribution is 0.208. The maximum Gasteiger partial charge on any atom is 0.329 e.